The van der Waals surface area contributed by atoms with E-state index in [4.69, 9.17) is 6.57 Å². The molecule has 0 aromatic carbocycles. The van der Waals surface area contributed by atoms with E-state index < -0.39 is 0 Å². The van der Waals surface area contributed by atoms with Crippen molar-refractivity contribution in [2.24, 2.45) is 0 Å². The average molecular weight is 147 g/mol. The average Bonchev–Trinajstić information content (AvgIpc) is 2.05. The number of rotatable bonds is 1. The van der Waals surface area contributed by atoms with Gasteiger partial charge >= 0.3 is 0 Å². The minimum Gasteiger partial charge on any atom is -0.363 e. The first-order valence-electron chi connectivity index (χ1n) is 3.25. The summed E-state index contributed by atoms with van der Waals surface area (Å²) in [5, 5.41) is 0. The molecule has 11 heavy (non-hydrogen) atoms. The molecule has 0 spiro atoms. The van der Waals surface area contributed by atoms with E-state index in [9.17, 15) is 0 Å². The smallest absolute Gasteiger partial charge is 0.205 e. The van der Waals surface area contributed by atoms with E-state index in [0.29, 0.717) is 5.69 Å². The second-order valence-corrected chi connectivity index (χ2v) is 2.38. The van der Waals surface area contributed by atoms with Gasteiger partial charge < -0.3 is 4.90 Å². The molecule has 0 bridgehead atoms. The normalized spacial score (nSPS) is 8.82. The fourth-order valence-corrected chi connectivity index (χ4v) is 0.709. The number of hydrogen-bond donors (Lipinski definition) is 0. The van der Waals surface area contributed by atoms with E-state index in [1.165, 1.54) is 0 Å². The maximum absolute atomic E-state index is 6.69. The predicted molar refractivity (Wildman–Crippen MR) is 44.8 cm³/mol. The molecule has 0 unspecified atom stereocenters. The van der Waals surface area contributed by atoms with Crippen molar-refractivity contribution in [2.75, 3.05) is 19.0 Å². The Hall–Kier alpha value is -1.56. The van der Waals surface area contributed by atoms with E-state index >= 15 is 0 Å². The summed E-state index contributed by atoms with van der Waals surface area (Å²) >= 11 is 0. The Morgan fingerprint density at radius 3 is 2.55 bits per heavy atom. The van der Waals surface area contributed by atoms with Gasteiger partial charge in [0, 0.05) is 20.3 Å². The summed E-state index contributed by atoms with van der Waals surface area (Å²) in [4.78, 5) is 9.20. The second kappa shape index (κ2) is 3.02. The van der Waals surface area contributed by atoms with Crippen LogP contribution in [0.4, 0.5) is 11.5 Å². The van der Waals surface area contributed by atoms with Gasteiger partial charge in [-0.2, -0.15) is 0 Å². The highest BCUT2D eigenvalue weighted by molar-refractivity contribution is 5.48. The van der Waals surface area contributed by atoms with Crippen LogP contribution in [0.3, 0.4) is 0 Å². The van der Waals surface area contributed by atoms with Gasteiger partial charge in [-0.1, -0.05) is 6.07 Å². The van der Waals surface area contributed by atoms with Gasteiger partial charge in [0.1, 0.15) is 5.82 Å². The summed E-state index contributed by atoms with van der Waals surface area (Å²) < 4.78 is 0. The molecule has 56 valence electrons. The van der Waals surface area contributed by atoms with Gasteiger partial charge in [0.15, 0.2) is 0 Å². The molecule has 1 aromatic rings. The molecule has 1 rings (SSSR count). The van der Waals surface area contributed by atoms with Crippen molar-refractivity contribution in [3.8, 4) is 0 Å². The largest absolute Gasteiger partial charge is 0.363 e. The van der Waals surface area contributed by atoms with Crippen LogP contribution in [0.2, 0.25) is 0 Å². The van der Waals surface area contributed by atoms with Crippen LogP contribution in [0.25, 0.3) is 4.85 Å². The highest BCUT2D eigenvalue weighted by Crippen LogP contribution is 2.13. The second-order valence-electron chi connectivity index (χ2n) is 2.38. The first-order chi connectivity index (χ1) is 5.24. The minimum atomic E-state index is 0.579. The first-order valence-corrected chi connectivity index (χ1v) is 3.25. The van der Waals surface area contributed by atoms with Gasteiger partial charge in [-0.25, -0.2) is 4.85 Å². The van der Waals surface area contributed by atoms with Gasteiger partial charge in [-0.3, -0.25) is 4.98 Å². The molecule has 0 N–H and O–H groups in total. The lowest BCUT2D eigenvalue weighted by Gasteiger charge is -2.09. The molecule has 0 amide bonds. The van der Waals surface area contributed by atoms with Crippen LogP contribution in [-0.4, -0.2) is 19.1 Å². The van der Waals surface area contributed by atoms with Gasteiger partial charge in [0.2, 0.25) is 5.69 Å². The molecule has 0 aliphatic heterocycles. The molecule has 0 saturated carbocycles. The Balaban J connectivity index is 2.94. The third-order valence-electron chi connectivity index (χ3n) is 1.32. The zero-order chi connectivity index (χ0) is 8.27. The SMILES string of the molecule is [C-]#[N+]c1ccc(N(C)C)nc1. The maximum Gasteiger partial charge on any atom is 0.205 e. The monoisotopic (exact) mass is 147 g/mol. The van der Waals surface area contributed by atoms with Crippen LogP contribution in [0, 0.1) is 6.57 Å². The Labute approximate surface area is 66.1 Å². The quantitative estimate of drug-likeness (QED) is 0.563. The number of nitrogens with zero attached hydrogens (tertiary/aromatic N) is 3. The van der Waals surface area contributed by atoms with Crippen LogP contribution in [0.15, 0.2) is 18.3 Å². The van der Waals surface area contributed by atoms with Crippen LogP contribution >= 0.6 is 0 Å². The van der Waals surface area contributed by atoms with Gasteiger partial charge in [0.05, 0.1) is 6.57 Å². The summed E-state index contributed by atoms with van der Waals surface area (Å²) in [6.45, 7) is 6.69. The fraction of sp³-hybridized carbons (Fsp3) is 0.250. The lowest BCUT2D eigenvalue weighted by Crippen LogP contribution is -2.09. The lowest BCUT2D eigenvalue weighted by molar-refractivity contribution is 1.07. The van der Waals surface area contributed by atoms with E-state index in [1.54, 1.807) is 12.3 Å². The summed E-state index contributed by atoms with van der Waals surface area (Å²) in [5.74, 6) is 0.873. The molecule has 3 heteroatoms. The summed E-state index contributed by atoms with van der Waals surface area (Å²) in [6.07, 6.45) is 1.57. The van der Waals surface area contributed by atoms with E-state index in [2.05, 4.69) is 9.83 Å². The third kappa shape index (κ3) is 1.68. The summed E-state index contributed by atoms with van der Waals surface area (Å²) in [7, 11) is 3.83. The van der Waals surface area contributed by atoms with Gasteiger partial charge in [-0.15, -0.1) is 0 Å². The molecular formula is C8H9N3. The highest BCUT2D eigenvalue weighted by atomic mass is 15.1. The van der Waals surface area contributed by atoms with Crippen LogP contribution in [0.1, 0.15) is 0 Å². The Kier molecular flexibility index (Phi) is 2.07. The molecular weight excluding hydrogens is 138 g/mol. The molecule has 0 radical (unpaired) electrons. The molecule has 0 saturated heterocycles. The number of anilines is 1. The maximum atomic E-state index is 6.69. The van der Waals surface area contributed by atoms with Crippen molar-refractivity contribution < 1.29 is 0 Å². The number of aromatic nitrogens is 1. The van der Waals surface area contributed by atoms with Crippen LogP contribution in [0.5, 0.6) is 0 Å². The van der Waals surface area contributed by atoms with Crippen LogP contribution in [-0.2, 0) is 0 Å². The van der Waals surface area contributed by atoms with Crippen LogP contribution < -0.4 is 4.90 Å². The van der Waals surface area contributed by atoms with Crippen molar-refractivity contribution in [2.45, 2.75) is 0 Å². The molecule has 0 aliphatic rings. The van der Waals surface area contributed by atoms with E-state index in [1.807, 2.05) is 25.1 Å². The Bertz CT molecular complexity index is 268. The molecule has 1 heterocycles. The minimum absolute atomic E-state index is 0.579. The van der Waals surface area contributed by atoms with Crippen molar-refractivity contribution in [3.05, 3.63) is 29.7 Å². The zero-order valence-electron chi connectivity index (χ0n) is 6.57. The van der Waals surface area contributed by atoms with Crippen molar-refractivity contribution >= 4 is 11.5 Å². The summed E-state index contributed by atoms with van der Waals surface area (Å²) in [6, 6.07) is 3.59. The predicted octanol–water partition coefficient (Wildman–Crippen LogP) is 1.70. The summed E-state index contributed by atoms with van der Waals surface area (Å²) in [5.41, 5.74) is 0.579. The molecule has 0 aliphatic carbocycles. The first kappa shape index (κ1) is 7.55. The van der Waals surface area contributed by atoms with Gasteiger partial charge in [0.25, 0.3) is 0 Å². The zero-order valence-corrected chi connectivity index (χ0v) is 6.57. The third-order valence-corrected chi connectivity index (χ3v) is 1.32. The standard InChI is InChI=1S/C8H9N3/c1-9-7-4-5-8(10-6-7)11(2)3/h4-6H,2-3H3. The van der Waals surface area contributed by atoms with E-state index in [0.717, 1.165) is 5.82 Å². The lowest BCUT2D eigenvalue weighted by atomic mass is 10.4. The molecule has 0 fully saturated rings. The Morgan fingerprint density at radius 2 is 2.18 bits per heavy atom. The van der Waals surface area contributed by atoms with Crippen molar-refractivity contribution in [3.63, 3.8) is 0 Å². The highest BCUT2D eigenvalue weighted by Gasteiger charge is 1.94. The van der Waals surface area contributed by atoms with Crippen molar-refractivity contribution in [1.82, 2.24) is 4.98 Å². The topological polar surface area (TPSA) is 20.5 Å². The molecule has 3 nitrogen and oxygen atoms in total. The number of pyridine rings is 1. The molecule has 0 atom stereocenters. The number of hydrogen-bond acceptors (Lipinski definition) is 2. The van der Waals surface area contributed by atoms with Crippen molar-refractivity contribution in [1.29, 1.82) is 0 Å². The fourth-order valence-electron chi connectivity index (χ4n) is 0.709. The van der Waals surface area contributed by atoms with Gasteiger partial charge in [-0.05, 0) is 6.07 Å². The Morgan fingerprint density at radius 1 is 1.45 bits per heavy atom. The molecule has 1 aromatic heterocycles. The van der Waals surface area contributed by atoms with E-state index in [-0.39, 0.29) is 0 Å².